The molecule has 3 heteroatoms. The van der Waals surface area contributed by atoms with Gasteiger partial charge in [0.05, 0.1) is 18.2 Å². The molecular weight excluding hydrogens is 214 g/mol. The first kappa shape index (κ1) is 13.0. The number of ether oxygens (including phenoxy) is 2. The van der Waals surface area contributed by atoms with Crippen LogP contribution in [-0.2, 0) is 4.74 Å². The molecule has 0 aliphatic rings. The van der Waals surface area contributed by atoms with Gasteiger partial charge in [-0.15, -0.1) is 0 Å². The van der Waals surface area contributed by atoms with Gasteiger partial charge >= 0.3 is 0 Å². The second-order valence-corrected chi connectivity index (χ2v) is 3.35. The number of hydrogen-bond acceptors (Lipinski definition) is 3. The van der Waals surface area contributed by atoms with Crippen LogP contribution < -0.4 is 4.74 Å². The number of hydrogen-bond donors (Lipinski definition) is 0. The van der Waals surface area contributed by atoms with Crippen molar-refractivity contribution in [3.63, 3.8) is 0 Å². The number of methoxy groups -OCH3 is 1. The van der Waals surface area contributed by atoms with Crippen LogP contribution in [0.25, 0.3) is 6.08 Å². The van der Waals surface area contributed by atoms with Crippen molar-refractivity contribution in [2.45, 2.75) is 0 Å². The standard InChI is InChI=1S/C14H15NO2/c1-3-8-17-14-7-5-4-6-13(14)9-12(10-15)11-16-2/h3-7,9H,1,8,11H2,2H3/b12-9-. The Morgan fingerprint density at radius 1 is 1.47 bits per heavy atom. The van der Waals surface area contributed by atoms with Gasteiger partial charge in [0.2, 0.25) is 0 Å². The van der Waals surface area contributed by atoms with Crippen molar-refractivity contribution < 1.29 is 9.47 Å². The van der Waals surface area contributed by atoms with E-state index in [4.69, 9.17) is 14.7 Å². The Hall–Kier alpha value is -2.05. The molecule has 0 unspecified atom stereocenters. The highest BCUT2D eigenvalue weighted by Crippen LogP contribution is 2.20. The average Bonchev–Trinajstić information content (AvgIpc) is 2.37. The van der Waals surface area contributed by atoms with Gasteiger partial charge in [-0.05, 0) is 12.1 Å². The van der Waals surface area contributed by atoms with Gasteiger partial charge < -0.3 is 9.47 Å². The van der Waals surface area contributed by atoms with E-state index in [1.807, 2.05) is 24.3 Å². The van der Waals surface area contributed by atoms with Crippen molar-refractivity contribution >= 4 is 6.08 Å². The summed E-state index contributed by atoms with van der Waals surface area (Å²) >= 11 is 0. The maximum atomic E-state index is 8.93. The minimum absolute atomic E-state index is 0.298. The maximum absolute atomic E-state index is 8.93. The van der Waals surface area contributed by atoms with Crippen LogP contribution in [0.1, 0.15) is 5.56 Å². The molecule has 1 aromatic rings. The molecule has 0 atom stereocenters. The Kier molecular flexibility index (Phi) is 5.56. The number of rotatable bonds is 6. The van der Waals surface area contributed by atoms with Crippen LogP contribution in [0.2, 0.25) is 0 Å². The molecule has 88 valence electrons. The van der Waals surface area contributed by atoms with Gasteiger partial charge in [0.25, 0.3) is 0 Å². The van der Waals surface area contributed by atoms with Crippen molar-refractivity contribution in [2.24, 2.45) is 0 Å². The Labute approximate surface area is 102 Å². The van der Waals surface area contributed by atoms with E-state index in [2.05, 4.69) is 12.6 Å². The molecule has 0 saturated heterocycles. The van der Waals surface area contributed by atoms with Crippen LogP contribution in [0.4, 0.5) is 0 Å². The smallest absolute Gasteiger partial charge is 0.127 e. The summed E-state index contributed by atoms with van der Waals surface area (Å²) in [5.74, 6) is 0.733. The van der Waals surface area contributed by atoms with Crippen molar-refractivity contribution in [1.82, 2.24) is 0 Å². The van der Waals surface area contributed by atoms with E-state index >= 15 is 0 Å². The first-order valence-electron chi connectivity index (χ1n) is 5.24. The fraction of sp³-hybridized carbons (Fsp3) is 0.214. The van der Waals surface area contributed by atoms with Gasteiger partial charge in [0.15, 0.2) is 0 Å². The highest BCUT2D eigenvalue weighted by Gasteiger charge is 2.02. The molecule has 0 bridgehead atoms. The van der Waals surface area contributed by atoms with Gasteiger partial charge in [-0.25, -0.2) is 0 Å². The molecule has 0 amide bonds. The van der Waals surface area contributed by atoms with Crippen LogP contribution in [0.15, 0.2) is 42.5 Å². The molecule has 3 nitrogen and oxygen atoms in total. The zero-order valence-electron chi connectivity index (χ0n) is 9.85. The predicted molar refractivity (Wildman–Crippen MR) is 67.6 cm³/mol. The van der Waals surface area contributed by atoms with Gasteiger partial charge in [0, 0.05) is 12.7 Å². The number of nitriles is 1. The minimum atomic E-state index is 0.298. The molecule has 0 aliphatic heterocycles. The third-order valence-corrected chi connectivity index (χ3v) is 2.05. The van der Waals surface area contributed by atoms with E-state index in [0.717, 1.165) is 11.3 Å². The lowest BCUT2D eigenvalue weighted by atomic mass is 10.1. The summed E-state index contributed by atoms with van der Waals surface area (Å²) in [5.41, 5.74) is 1.42. The summed E-state index contributed by atoms with van der Waals surface area (Å²) < 4.78 is 10.4. The van der Waals surface area contributed by atoms with E-state index < -0.39 is 0 Å². The zero-order chi connectivity index (χ0) is 12.5. The predicted octanol–water partition coefficient (Wildman–Crippen LogP) is 2.80. The molecule has 0 aromatic heterocycles. The molecular formula is C14H15NO2. The normalized spacial score (nSPS) is 10.7. The van der Waals surface area contributed by atoms with Gasteiger partial charge in [-0.3, -0.25) is 0 Å². The fourth-order valence-electron chi connectivity index (χ4n) is 1.33. The van der Waals surface area contributed by atoms with Crippen molar-refractivity contribution in [3.05, 3.63) is 48.1 Å². The van der Waals surface area contributed by atoms with Gasteiger partial charge in [-0.1, -0.05) is 30.9 Å². The van der Waals surface area contributed by atoms with E-state index in [-0.39, 0.29) is 0 Å². The SMILES string of the molecule is C=CCOc1ccccc1/C=C(/C#N)COC. The fourth-order valence-corrected chi connectivity index (χ4v) is 1.33. The average molecular weight is 229 g/mol. The Morgan fingerprint density at radius 2 is 2.24 bits per heavy atom. The summed E-state index contributed by atoms with van der Waals surface area (Å²) in [6, 6.07) is 9.63. The summed E-state index contributed by atoms with van der Waals surface area (Å²) in [5, 5.41) is 8.93. The van der Waals surface area contributed by atoms with Crippen molar-refractivity contribution in [2.75, 3.05) is 20.3 Å². The quantitative estimate of drug-likeness (QED) is 0.556. The second kappa shape index (κ2) is 7.26. The van der Waals surface area contributed by atoms with E-state index in [1.165, 1.54) is 0 Å². The highest BCUT2D eigenvalue weighted by molar-refractivity contribution is 5.62. The lowest BCUT2D eigenvalue weighted by molar-refractivity contribution is 0.229. The number of nitrogens with zero attached hydrogens (tertiary/aromatic N) is 1. The first-order valence-corrected chi connectivity index (χ1v) is 5.24. The minimum Gasteiger partial charge on any atom is -0.489 e. The van der Waals surface area contributed by atoms with Crippen LogP contribution >= 0.6 is 0 Å². The Bertz CT molecular complexity index is 444. The van der Waals surface area contributed by atoms with E-state index in [0.29, 0.717) is 18.8 Å². The third-order valence-electron chi connectivity index (χ3n) is 2.05. The molecule has 0 spiro atoms. The molecule has 0 radical (unpaired) electrons. The lowest BCUT2D eigenvalue weighted by Gasteiger charge is -2.07. The number of para-hydroxylation sites is 1. The molecule has 0 N–H and O–H groups in total. The lowest BCUT2D eigenvalue weighted by Crippen LogP contribution is -1.96. The Balaban J connectivity index is 2.96. The van der Waals surface area contributed by atoms with Crippen LogP contribution in [0.3, 0.4) is 0 Å². The molecule has 1 aromatic carbocycles. The van der Waals surface area contributed by atoms with Crippen molar-refractivity contribution in [3.8, 4) is 11.8 Å². The van der Waals surface area contributed by atoms with Gasteiger partial charge in [0.1, 0.15) is 12.4 Å². The van der Waals surface area contributed by atoms with E-state index in [1.54, 1.807) is 19.3 Å². The topological polar surface area (TPSA) is 42.2 Å². The highest BCUT2D eigenvalue weighted by atomic mass is 16.5. The largest absolute Gasteiger partial charge is 0.489 e. The molecule has 0 fully saturated rings. The summed E-state index contributed by atoms with van der Waals surface area (Å²) in [7, 11) is 1.56. The van der Waals surface area contributed by atoms with Crippen molar-refractivity contribution in [1.29, 1.82) is 5.26 Å². The molecule has 0 heterocycles. The van der Waals surface area contributed by atoms with E-state index in [9.17, 15) is 0 Å². The van der Waals surface area contributed by atoms with Crippen LogP contribution in [0.5, 0.6) is 5.75 Å². The summed E-state index contributed by atoms with van der Waals surface area (Å²) in [6.07, 6.45) is 3.45. The summed E-state index contributed by atoms with van der Waals surface area (Å²) in [4.78, 5) is 0. The zero-order valence-corrected chi connectivity index (χ0v) is 9.85. The molecule has 17 heavy (non-hydrogen) atoms. The van der Waals surface area contributed by atoms with Crippen LogP contribution in [-0.4, -0.2) is 20.3 Å². The van der Waals surface area contributed by atoms with Gasteiger partial charge in [-0.2, -0.15) is 5.26 Å². The summed E-state index contributed by atoms with van der Waals surface area (Å²) in [6.45, 7) is 4.34. The maximum Gasteiger partial charge on any atom is 0.127 e. The third kappa shape index (κ3) is 4.13. The Morgan fingerprint density at radius 3 is 2.88 bits per heavy atom. The monoisotopic (exact) mass is 229 g/mol. The number of benzene rings is 1. The first-order chi connectivity index (χ1) is 8.31. The second-order valence-electron chi connectivity index (χ2n) is 3.35. The molecule has 0 saturated carbocycles. The van der Waals surface area contributed by atoms with Crippen LogP contribution in [0, 0.1) is 11.3 Å². The molecule has 0 aliphatic carbocycles. The molecule has 1 rings (SSSR count).